The predicted molar refractivity (Wildman–Crippen MR) is 87.2 cm³/mol. The molecule has 4 heteroatoms. The number of halogens is 1. The summed E-state index contributed by atoms with van der Waals surface area (Å²) in [5.74, 6) is 0.943. The van der Waals surface area contributed by atoms with Crippen LogP contribution < -0.4 is 10.1 Å². The van der Waals surface area contributed by atoms with Crippen LogP contribution in [0.15, 0.2) is 30.3 Å². The molecule has 1 aromatic heterocycles. The normalized spacial score (nSPS) is 12.4. The number of hydrogen-bond acceptors (Lipinski definition) is 3. The average Bonchev–Trinajstić information content (AvgIpc) is 2.83. The summed E-state index contributed by atoms with van der Waals surface area (Å²) in [7, 11) is 1.73. The minimum Gasteiger partial charge on any atom is -0.496 e. The lowest BCUT2D eigenvalue weighted by molar-refractivity contribution is 0.399. The van der Waals surface area contributed by atoms with Crippen LogP contribution in [0.5, 0.6) is 5.75 Å². The van der Waals surface area contributed by atoms with Gasteiger partial charge in [-0.25, -0.2) is 0 Å². The molecule has 1 unspecified atom stereocenters. The molecular weight excluding hydrogens is 290 g/mol. The van der Waals surface area contributed by atoms with Gasteiger partial charge < -0.3 is 10.1 Å². The molecule has 20 heavy (non-hydrogen) atoms. The summed E-state index contributed by atoms with van der Waals surface area (Å²) in [6.07, 6.45) is 0.921. The van der Waals surface area contributed by atoms with E-state index in [1.165, 1.54) is 16.0 Å². The molecule has 2 rings (SSSR count). The molecule has 1 aromatic carbocycles. The van der Waals surface area contributed by atoms with E-state index in [1.807, 2.05) is 6.07 Å². The van der Waals surface area contributed by atoms with Crippen LogP contribution in [0.25, 0.3) is 0 Å². The van der Waals surface area contributed by atoms with Gasteiger partial charge in [0.15, 0.2) is 0 Å². The van der Waals surface area contributed by atoms with Gasteiger partial charge in [-0.15, -0.1) is 11.3 Å². The Balaban J connectivity index is 2.28. The number of ether oxygens (including phenoxy) is 1. The Hall–Kier alpha value is -1.03. The van der Waals surface area contributed by atoms with Crippen LogP contribution in [-0.4, -0.2) is 13.7 Å². The highest BCUT2D eigenvalue weighted by Crippen LogP contribution is 2.31. The average molecular weight is 310 g/mol. The maximum atomic E-state index is 6.02. The Morgan fingerprint density at radius 1 is 1.30 bits per heavy atom. The number of hydrogen-bond donors (Lipinski definition) is 1. The molecule has 0 spiro atoms. The van der Waals surface area contributed by atoms with E-state index in [0.717, 1.165) is 23.1 Å². The van der Waals surface area contributed by atoms with E-state index in [2.05, 4.69) is 43.4 Å². The van der Waals surface area contributed by atoms with E-state index in [9.17, 15) is 0 Å². The van der Waals surface area contributed by atoms with E-state index in [-0.39, 0.29) is 6.04 Å². The van der Waals surface area contributed by atoms with Gasteiger partial charge in [0.1, 0.15) is 5.75 Å². The SMILES string of the molecule is CCNC(Cc1ccc(Cl)s1)c1ccc(C)cc1OC. The second-order valence-electron chi connectivity index (χ2n) is 4.77. The fourth-order valence-electron chi connectivity index (χ4n) is 2.31. The largest absolute Gasteiger partial charge is 0.496 e. The molecule has 0 saturated carbocycles. The summed E-state index contributed by atoms with van der Waals surface area (Å²) in [6.45, 7) is 5.11. The molecule has 0 bridgehead atoms. The molecule has 0 radical (unpaired) electrons. The summed E-state index contributed by atoms with van der Waals surface area (Å²) in [5, 5.41) is 3.53. The van der Waals surface area contributed by atoms with E-state index in [4.69, 9.17) is 16.3 Å². The molecule has 108 valence electrons. The van der Waals surface area contributed by atoms with Crippen molar-refractivity contribution in [2.75, 3.05) is 13.7 Å². The summed E-state index contributed by atoms with van der Waals surface area (Å²) >= 11 is 7.66. The van der Waals surface area contributed by atoms with Gasteiger partial charge in [0.05, 0.1) is 11.4 Å². The topological polar surface area (TPSA) is 21.3 Å². The second-order valence-corrected chi connectivity index (χ2v) is 6.57. The van der Waals surface area contributed by atoms with Crippen LogP contribution in [0.2, 0.25) is 4.34 Å². The Morgan fingerprint density at radius 3 is 2.70 bits per heavy atom. The molecule has 0 aliphatic carbocycles. The minimum atomic E-state index is 0.241. The van der Waals surface area contributed by atoms with Crippen molar-refractivity contribution < 1.29 is 4.74 Å². The van der Waals surface area contributed by atoms with Crippen molar-refractivity contribution in [1.29, 1.82) is 0 Å². The van der Waals surface area contributed by atoms with Crippen molar-refractivity contribution in [3.63, 3.8) is 0 Å². The van der Waals surface area contributed by atoms with E-state index >= 15 is 0 Å². The lowest BCUT2D eigenvalue weighted by Crippen LogP contribution is -2.23. The number of benzene rings is 1. The van der Waals surface area contributed by atoms with Crippen molar-refractivity contribution in [3.05, 3.63) is 50.7 Å². The van der Waals surface area contributed by atoms with Crippen molar-refractivity contribution in [1.82, 2.24) is 5.32 Å². The number of thiophene rings is 1. The zero-order chi connectivity index (χ0) is 14.5. The summed E-state index contributed by atoms with van der Waals surface area (Å²) in [6, 6.07) is 10.7. The number of aryl methyl sites for hydroxylation is 1. The third-order valence-corrected chi connectivity index (χ3v) is 4.50. The highest BCUT2D eigenvalue weighted by atomic mass is 35.5. The number of rotatable bonds is 6. The molecule has 1 N–H and O–H groups in total. The first-order valence-corrected chi connectivity index (χ1v) is 7.95. The lowest BCUT2D eigenvalue weighted by Gasteiger charge is -2.20. The van der Waals surface area contributed by atoms with E-state index < -0.39 is 0 Å². The molecule has 1 heterocycles. The molecular formula is C16H20ClNOS. The first-order chi connectivity index (χ1) is 9.63. The van der Waals surface area contributed by atoms with E-state index in [0.29, 0.717) is 0 Å². The van der Waals surface area contributed by atoms with Crippen LogP contribution in [0.1, 0.15) is 29.0 Å². The first-order valence-electron chi connectivity index (χ1n) is 6.76. The number of methoxy groups -OCH3 is 1. The Kier molecular flexibility index (Phi) is 5.46. The molecule has 0 aliphatic rings. The van der Waals surface area contributed by atoms with Crippen LogP contribution in [0, 0.1) is 6.92 Å². The van der Waals surface area contributed by atoms with Crippen molar-refractivity contribution in [2.45, 2.75) is 26.3 Å². The van der Waals surface area contributed by atoms with Gasteiger partial charge in [0.2, 0.25) is 0 Å². The molecule has 0 fully saturated rings. The fraction of sp³-hybridized carbons (Fsp3) is 0.375. The van der Waals surface area contributed by atoms with Gasteiger partial charge in [-0.2, -0.15) is 0 Å². The van der Waals surface area contributed by atoms with Crippen molar-refractivity contribution in [3.8, 4) is 5.75 Å². The van der Waals surface area contributed by atoms with Gasteiger partial charge in [0.25, 0.3) is 0 Å². The van der Waals surface area contributed by atoms with Crippen LogP contribution in [0.3, 0.4) is 0 Å². The molecule has 2 nitrogen and oxygen atoms in total. The second kappa shape index (κ2) is 7.11. The Bertz CT molecular complexity index is 567. The van der Waals surface area contributed by atoms with Gasteiger partial charge in [-0.1, -0.05) is 30.7 Å². The molecule has 2 aromatic rings. The molecule has 0 saturated heterocycles. The molecule has 1 atom stereocenters. The highest BCUT2D eigenvalue weighted by molar-refractivity contribution is 7.16. The quantitative estimate of drug-likeness (QED) is 0.841. The first kappa shape index (κ1) is 15.4. The fourth-order valence-corrected chi connectivity index (χ4v) is 3.44. The monoisotopic (exact) mass is 309 g/mol. The summed E-state index contributed by atoms with van der Waals surface area (Å²) in [4.78, 5) is 1.28. The molecule has 0 aliphatic heterocycles. The van der Waals surface area contributed by atoms with Gasteiger partial charge >= 0.3 is 0 Å². The standard InChI is InChI=1S/C16H20ClNOS/c1-4-18-14(10-12-6-8-16(17)20-12)13-7-5-11(2)9-15(13)19-3/h5-9,14,18H,4,10H2,1-3H3. The van der Waals surface area contributed by atoms with Gasteiger partial charge in [0, 0.05) is 22.9 Å². The van der Waals surface area contributed by atoms with Crippen LogP contribution in [0.4, 0.5) is 0 Å². The van der Waals surface area contributed by atoms with Crippen LogP contribution in [-0.2, 0) is 6.42 Å². The highest BCUT2D eigenvalue weighted by Gasteiger charge is 2.16. The maximum Gasteiger partial charge on any atom is 0.123 e. The predicted octanol–water partition coefficient (Wildman–Crippen LogP) is 4.61. The maximum absolute atomic E-state index is 6.02. The molecule has 0 amide bonds. The van der Waals surface area contributed by atoms with Crippen LogP contribution >= 0.6 is 22.9 Å². The zero-order valence-electron chi connectivity index (χ0n) is 12.1. The minimum absolute atomic E-state index is 0.241. The van der Waals surface area contributed by atoms with Crippen molar-refractivity contribution in [2.24, 2.45) is 0 Å². The third-order valence-electron chi connectivity index (χ3n) is 3.25. The Labute approximate surface area is 129 Å². The lowest BCUT2D eigenvalue weighted by atomic mass is 10.00. The van der Waals surface area contributed by atoms with Crippen molar-refractivity contribution >= 4 is 22.9 Å². The Morgan fingerprint density at radius 2 is 2.10 bits per heavy atom. The van der Waals surface area contributed by atoms with Gasteiger partial charge in [-0.3, -0.25) is 0 Å². The summed E-state index contributed by atoms with van der Waals surface area (Å²) < 4.78 is 6.37. The summed E-state index contributed by atoms with van der Waals surface area (Å²) in [5.41, 5.74) is 2.41. The third kappa shape index (κ3) is 3.75. The zero-order valence-corrected chi connectivity index (χ0v) is 13.6. The van der Waals surface area contributed by atoms with Gasteiger partial charge in [-0.05, 0) is 37.2 Å². The number of nitrogens with one attached hydrogen (secondary N) is 1. The smallest absolute Gasteiger partial charge is 0.123 e. The number of likely N-dealkylation sites (N-methyl/N-ethyl adjacent to an activating group) is 1. The van der Waals surface area contributed by atoms with E-state index in [1.54, 1.807) is 18.4 Å².